The molecule has 1 aliphatic heterocycles. The SMILES string of the molecule is Cc1cc(F)cc(Cl)c1Nc1nc2cnc(NC3CCOCC3)nc2n1[C@H]1CC[C@@H](C(N)=O)CC1. The number of fused-ring (bicyclic) bond motifs is 1. The van der Waals surface area contributed by atoms with Gasteiger partial charge in [0.1, 0.15) is 11.3 Å². The number of amides is 1. The van der Waals surface area contributed by atoms with Gasteiger partial charge in [-0.05, 0) is 63.1 Å². The van der Waals surface area contributed by atoms with E-state index in [-0.39, 0.29) is 28.9 Å². The van der Waals surface area contributed by atoms with Gasteiger partial charge in [-0.25, -0.2) is 14.4 Å². The lowest BCUT2D eigenvalue weighted by molar-refractivity contribution is -0.122. The minimum atomic E-state index is -0.397. The first-order valence-electron chi connectivity index (χ1n) is 12.0. The number of aromatic nitrogens is 4. The van der Waals surface area contributed by atoms with Crippen LogP contribution in [-0.4, -0.2) is 44.7 Å². The third-order valence-corrected chi connectivity index (χ3v) is 7.24. The van der Waals surface area contributed by atoms with Gasteiger partial charge in [0.15, 0.2) is 5.65 Å². The van der Waals surface area contributed by atoms with Crippen molar-refractivity contribution in [3.63, 3.8) is 0 Å². The number of carbonyl (C=O) groups excluding carboxylic acids is 1. The van der Waals surface area contributed by atoms with Crippen molar-refractivity contribution in [3.8, 4) is 0 Å². The third-order valence-electron chi connectivity index (χ3n) is 6.94. The Balaban J connectivity index is 1.52. The number of imidazole rings is 1. The highest BCUT2D eigenvalue weighted by Gasteiger charge is 2.29. The van der Waals surface area contributed by atoms with Crippen LogP contribution in [0.15, 0.2) is 18.3 Å². The summed E-state index contributed by atoms with van der Waals surface area (Å²) in [6.45, 7) is 3.22. The molecule has 5 rings (SSSR count). The van der Waals surface area contributed by atoms with E-state index in [0.717, 1.165) is 25.7 Å². The van der Waals surface area contributed by atoms with Crippen molar-refractivity contribution in [1.29, 1.82) is 0 Å². The summed E-state index contributed by atoms with van der Waals surface area (Å²) in [5.74, 6) is 0.324. The zero-order valence-corrected chi connectivity index (χ0v) is 20.3. The third kappa shape index (κ3) is 5.04. The second-order valence-electron chi connectivity index (χ2n) is 9.35. The Hall–Kier alpha value is -2.98. The van der Waals surface area contributed by atoms with E-state index in [9.17, 15) is 9.18 Å². The monoisotopic (exact) mass is 501 g/mol. The van der Waals surface area contributed by atoms with Crippen LogP contribution in [0.5, 0.6) is 0 Å². The van der Waals surface area contributed by atoms with Crippen molar-refractivity contribution in [1.82, 2.24) is 19.5 Å². The van der Waals surface area contributed by atoms with E-state index in [1.807, 2.05) is 0 Å². The maximum atomic E-state index is 13.8. The van der Waals surface area contributed by atoms with Crippen LogP contribution in [0, 0.1) is 18.7 Å². The van der Waals surface area contributed by atoms with Crippen LogP contribution in [-0.2, 0) is 9.53 Å². The average Bonchev–Trinajstić information content (AvgIpc) is 3.19. The number of hydrogen-bond acceptors (Lipinski definition) is 7. The number of nitrogens with two attached hydrogens (primary N) is 1. The molecule has 0 atom stereocenters. The molecule has 0 unspecified atom stereocenters. The van der Waals surface area contributed by atoms with Crippen molar-refractivity contribution >= 4 is 46.3 Å². The fraction of sp³-hybridized carbons (Fsp3) is 0.500. The Morgan fingerprint density at radius 3 is 2.60 bits per heavy atom. The first kappa shape index (κ1) is 23.7. The highest BCUT2D eigenvalue weighted by atomic mass is 35.5. The summed E-state index contributed by atoms with van der Waals surface area (Å²) in [5.41, 5.74) is 8.13. The zero-order valence-electron chi connectivity index (χ0n) is 19.6. The minimum Gasteiger partial charge on any atom is -0.381 e. The van der Waals surface area contributed by atoms with E-state index < -0.39 is 5.82 Å². The molecular formula is C24H29ClFN7O2. The molecule has 1 saturated carbocycles. The maximum absolute atomic E-state index is 13.8. The number of nitrogens with one attached hydrogen (secondary N) is 2. The number of hydrogen-bond donors (Lipinski definition) is 3. The Morgan fingerprint density at radius 1 is 1.17 bits per heavy atom. The number of aryl methyl sites for hydroxylation is 1. The van der Waals surface area contributed by atoms with Gasteiger partial charge in [0.05, 0.1) is 16.9 Å². The summed E-state index contributed by atoms with van der Waals surface area (Å²) < 4.78 is 21.3. The number of primary amides is 1. The van der Waals surface area contributed by atoms with Crippen LogP contribution in [0.1, 0.15) is 50.1 Å². The molecule has 2 fully saturated rings. The first-order chi connectivity index (χ1) is 16.9. The summed E-state index contributed by atoms with van der Waals surface area (Å²) in [5, 5.41) is 7.01. The molecule has 0 radical (unpaired) electrons. The number of nitrogens with zero attached hydrogens (tertiary/aromatic N) is 4. The van der Waals surface area contributed by atoms with Crippen LogP contribution in [0.4, 0.5) is 22.0 Å². The van der Waals surface area contributed by atoms with E-state index in [0.29, 0.717) is 60.4 Å². The molecule has 9 nitrogen and oxygen atoms in total. The summed E-state index contributed by atoms with van der Waals surface area (Å²) in [4.78, 5) is 25.8. The van der Waals surface area contributed by atoms with Gasteiger partial charge < -0.3 is 21.1 Å². The smallest absolute Gasteiger partial charge is 0.224 e. The van der Waals surface area contributed by atoms with Gasteiger partial charge in [0.2, 0.25) is 17.8 Å². The van der Waals surface area contributed by atoms with Crippen LogP contribution in [0.3, 0.4) is 0 Å². The predicted molar refractivity (Wildman–Crippen MR) is 132 cm³/mol. The molecule has 2 aliphatic rings. The van der Waals surface area contributed by atoms with Gasteiger partial charge in [0.25, 0.3) is 0 Å². The number of halogens is 2. The molecule has 35 heavy (non-hydrogen) atoms. The lowest BCUT2D eigenvalue weighted by Crippen LogP contribution is -2.29. The summed E-state index contributed by atoms with van der Waals surface area (Å²) in [7, 11) is 0. The van der Waals surface area contributed by atoms with Crippen LogP contribution in [0.2, 0.25) is 5.02 Å². The summed E-state index contributed by atoms with van der Waals surface area (Å²) in [6.07, 6.45) is 6.42. The van der Waals surface area contributed by atoms with E-state index in [4.69, 9.17) is 32.0 Å². The molecule has 1 amide bonds. The highest BCUT2D eigenvalue weighted by Crippen LogP contribution is 2.38. The van der Waals surface area contributed by atoms with Gasteiger partial charge in [-0.2, -0.15) is 4.98 Å². The van der Waals surface area contributed by atoms with E-state index in [1.165, 1.54) is 12.1 Å². The predicted octanol–water partition coefficient (Wildman–Crippen LogP) is 4.48. The molecule has 186 valence electrons. The van der Waals surface area contributed by atoms with Gasteiger partial charge in [-0.15, -0.1) is 0 Å². The highest BCUT2D eigenvalue weighted by molar-refractivity contribution is 6.33. The van der Waals surface area contributed by atoms with Crippen molar-refractivity contribution in [2.75, 3.05) is 23.8 Å². The second-order valence-corrected chi connectivity index (χ2v) is 9.76. The van der Waals surface area contributed by atoms with Gasteiger partial charge in [0, 0.05) is 31.2 Å². The molecule has 11 heteroatoms. The molecule has 1 aromatic carbocycles. The first-order valence-corrected chi connectivity index (χ1v) is 12.4. The fourth-order valence-corrected chi connectivity index (χ4v) is 5.31. The van der Waals surface area contributed by atoms with Crippen molar-refractivity contribution in [3.05, 3.63) is 34.7 Å². The number of anilines is 3. The van der Waals surface area contributed by atoms with Crippen LogP contribution >= 0.6 is 11.6 Å². The normalized spacial score (nSPS) is 21.2. The molecular weight excluding hydrogens is 473 g/mol. The lowest BCUT2D eigenvalue weighted by Gasteiger charge is -2.29. The second kappa shape index (κ2) is 9.94. The van der Waals surface area contributed by atoms with Crippen molar-refractivity contribution in [2.24, 2.45) is 11.7 Å². The average molecular weight is 502 g/mol. The Labute approximate surface area is 207 Å². The van der Waals surface area contributed by atoms with E-state index >= 15 is 0 Å². The molecule has 2 aromatic heterocycles. The molecule has 0 bridgehead atoms. The van der Waals surface area contributed by atoms with Crippen LogP contribution < -0.4 is 16.4 Å². The molecule has 0 spiro atoms. The molecule has 3 heterocycles. The quantitative estimate of drug-likeness (QED) is 0.455. The Kier molecular flexibility index (Phi) is 6.75. The Bertz CT molecular complexity index is 1210. The number of ether oxygens (including phenoxy) is 1. The maximum Gasteiger partial charge on any atom is 0.224 e. The molecule has 1 saturated heterocycles. The minimum absolute atomic E-state index is 0.0588. The van der Waals surface area contributed by atoms with Gasteiger partial charge in [-0.3, -0.25) is 9.36 Å². The van der Waals surface area contributed by atoms with Crippen molar-refractivity contribution < 1.29 is 13.9 Å². The standard InChI is InChI=1S/C24H29ClFN7O2/c1-13-10-15(26)11-18(25)20(13)31-24-30-19-12-28-23(29-16-6-8-35-9-7-16)32-22(19)33(24)17-4-2-14(3-5-17)21(27)34/h10-12,14,16-17H,2-9H2,1H3,(H2,27,34)(H,30,31)(H,28,29,32)/t14-,17+. The van der Waals surface area contributed by atoms with Gasteiger partial charge >= 0.3 is 0 Å². The van der Waals surface area contributed by atoms with Crippen LogP contribution in [0.25, 0.3) is 11.2 Å². The molecule has 3 aromatic rings. The fourth-order valence-electron chi connectivity index (χ4n) is 5.01. The van der Waals surface area contributed by atoms with Crippen molar-refractivity contribution in [2.45, 2.75) is 57.5 Å². The summed E-state index contributed by atoms with van der Waals surface area (Å²) >= 11 is 6.37. The number of carbonyl (C=O) groups is 1. The topological polar surface area (TPSA) is 120 Å². The zero-order chi connectivity index (χ0) is 24.5. The number of rotatable bonds is 6. The van der Waals surface area contributed by atoms with E-state index in [1.54, 1.807) is 13.1 Å². The summed E-state index contributed by atoms with van der Waals surface area (Å²) in [6, 6.07) is 3.01. The molecule has 4 N–H and O–H groups in total. The molecule has 1 aliphatic carbocycles. The lowest BCUT2D eigenvalue weighted by atomic mass is 9.85. The van der Waals surface area contributed by atoms with E-state index in [2.05, 4.69) is 20.2 Å². The largest absolute Gasteiger partial charge is 0.381 e. The Morgan fingerprint density at radius 2 is 1.91 bits per heavy atom. The van der Waals surface area contributed by atoms with Gasteiger partial charge in [-0.1, -0.05) is 11.6 Å². The number of benzene rings is 1.